The van der Waals surface area contributed by atoms with E-state index in [1.165, 1.54) is 16.6 Å². The molecule has 1 aliphatic rings. The largest absolute Gasteiger partial charge is 0.493 e. The molecule has 0 unspecified atom stereocenters. The minimum absolute atomic E-state index is 0.0196. The third kappa shape index (κ3) is 4.94. The Hall–Kier alpha value is -2.78. The first-order valence-corrected chi connectivity index (χ1v) is 12.6. The molecule has 2 aromatic heterocycles. The molecule has 0 aliphatic heterocycles. The van der Waals surface area contributed by atoms with E-state index in [2.05, 4.69) is 11.9 Å². The number of hydrogen-bond acceptors (Lipinski definition) is 7. The fourth-order valence-electron chi connectivity index (χ4n) is 4.01. The molecule has 1 amide bonds. The molecule has 33 heavy (non-hydrogen) atoms. The molecule has 174 valence electrons. The molecule has 1 aliphatic carbocycles. The molecule has 2 heterocycles. The number of nitrogens with one attached hydrogen (secondary N) is 1. The van der Waals surface area contributed by atoms with E-state index in [0.717, 1.165) is 40.6 Å². The topological polar surface area (TPSA) is 82.5 Å². The number of aryl methyl sites for hydroxylation is 3. The highest BCUT2D eigenvalue weighted by Gasteiger charge is 2.23. The van der Waals surface area contributed by atoms with Crippen LogP contribution in [0.25, 0.3) is 10.2 Å². The monoisotopic (exact) mass is 485 g/mol. The highest BCUT2D eigenvalue weighted by atomic mass is 32.2. The average Bonchev–Trinajstić information content (AvgIpc) is 3.41. The molecule has 3 aromatic rings. The summed E-state index contributed by atoms with van der Waals surface area (Å²) < 4.78 is 12.4. The number of carbonyl (C=O) groups excluding carboxylic acids is 1. The second-order valence-corrected chi connectivity index (χ2v) is 9.74. The van der Waals surface area contributed by atoms with Crippen molar-refractivity contribution >= 4 is 39.2 Å². The summed E-state index contributed by atoms with van der Waals surface area (Å²) in [6, 6.07) is 5.76. The van der Waals surface area contributed by atoms with Crippen LogP contribution in [0, 0.1) is 0 Å². The van der Waals surface area contributed by atoms with E-state index in [0.29, 0.717) is 36.2 Å². The van der Waals surface area contributed by atoms with Crippen molar-refractivity contribution in [3.63, 3.8) is 0 Å². The number of carbonyl (C=O) groups is 1. The predicted molar refractivity (Wildman–Crippen MR) is 133 cm³/mol. The minimum atomic E-state index is -0.116. The summed E-state index contributed by atoms with van der Waals surface area (Å²) in [6.07, 6.45) is 5.28. The van der Waals surface area contributed by atoms with Crippen LogP contribution < -0.4 is 20.3 Å². The van der Waals surface area contributed by atoms with E-state index in [9.17, 15) is 9.59 Å². The molecule has 0 atom stereocenters. The van der Waals surface area contributed by atoms with Crippen molar-refractivity contribution in [2.24, 2.45) is 0 Å². The van der Waals surface area contributed by atoms with E-state index < -0.39 is 0 Å². The molecule has 1 N–H and O–H groups in total. The number of aromatic nitrogens is 2. The van der Waals surface area contributed by atoms with Gasteiger partial charge in [0.25, 0.3) is 5.56 Å². The van der Waals surface area contributed by atoms with Gasteiger partial charge in [0.05, 0.1) is 25.4 Å². The summed E-state index contributed by atoms with van der Waals surface area (Å²) in [7, 11) is 3.21. The quantitative estimate of drug-likeness (QED) is 0.268. The van der Waals surface area contributed by atoms with Gasteiger partial charge >= 0.3 is 0 Å². The summed E-state index contributed by atoms with van der Waals surface area (Å²) in [5, 5.41) is 4.09. The molecule has 7 nitrogen and oxygen atoms in total. The first-order valence-electron chi connectivity index (χ1n) is 10.8. The number of amides is 1. The van der Waals surface area contributed by atoms with E-state index in [1.54, 1.807) is 36.2 Å². The number of nitrogens with zero attached hydrogens (tertiary/aromatic N) is 2. The van der Waals surface area contributed by atoms with Crippen LogP contribution in [0.3, 0.4) is 0 Å². The Kier molecular flexibility index (Phi) is 7.39. The van der Waals surface area contributed by atoms with E-state index >= 15 is 0 Å². The third-order valence-corrected chi connectivity index (χ3v) is 7.80. The van der Waals surface area contributed by atoms with Gasteiger partial charge in [-0.1, -0.05) is 23.9 Å². The number of fused-ring (bicyclic) bond motifs is 3. The lowest BCUT2D eigenvalue weighted by molar-refractivity contribution is -0.118. The van der Waals surface area contributed by atoms with Crippen LogP contribution in [0.1, 0.15) is 22.4 Å². The Bertz CT molecular complexity index is 1250. The summed E-state index contributed by atoms with van der Waals surface area (Å²) in [5.74, 6) is 1.39. The zero-order chi connectivity index (χ0) is 23.4. The van der Waals surface area contributed by atoms with Crippen molar-refractivity contribution in [3.8, 4) is 11.5 Å². The molecule has 0 saturated heterocycles. The Labute approximate surface area is 200 Å². The number of rotatable bonds is 10. The van der Waals surface area contributed by atoms with Gasteiger partial charge in [0.1, 0.15) is 4.83 Å². The SMILES string of the molecule is C=CCNC(=O)CSc1nc2sc3c(c2c(=O)n1CCc1ccc(OC)c(OC)c1)CCC3. The summed E-state index contributed by atoms with van der Waals surface area (Å²) in [5.41, 5.74) is 2.16. The summed E-state index contributed by atoms with van der Waals surface area (Å²) >= 11 is 2.90. The standard InChI is InChI=1S/C24H27N3O4S2/c1-4-11-25-20(28)14-32-24-26-22-21(16-6-5-7-19(16)33-22)23(29)27(24)12-10-15-8-9-17(30-2)18(13-15)31-3/h4,8-9,13H,1,5-7,10-12,14H2,2-3H3,(H,25,28). The number of ether oxygens (including phenoxy) is 2. The Morgan fingerprint density at radius 2 is 2.12 bits per heavy atom. The smallest absolute Gasteiger partial charge is 0.263 e. The van der Waals surface area contributed by atoms with Gasteiger partial charge in [-0.05, 0) is 48.9 Å². The van der Waals surface area contributed by atoms with Gasteiger partial charge < -0.3 is 14.8 Å². The molecule has 0 saturated carbocycles. The highest BCUT2D eigenvalue weighted by molar-refractivity contribution is 7.99. The van der Waals surface area contributed by atoms with Crippen LogP contribution >= 0.6 is 23.1 Å². The van der Waals surface area contributed by atoms with Crippen LogP contribution in [0.5, 0.6) is 11.5 Å². The second kappa shape index (κ2) is 10.4. The maximum Gasteiger partial charge on any atom is 0.263 e. The van der Waals surface area contributed by atoms with Crippen molar-refractivity contribution in [1.82, 2.24) is 14.9 Å². The molecule has 0 spiro atoms. The molecular formula is C24H27N3O4S2. The van der Waals surface area contributed by atoms with Crippen LogP contribution in [-0.2, 0) is 30.6 Å². The lowest BCUT2D eigenvalue weighted by Crippen LogP contribution is -2.27. The third-order valence-electron chi connectivity index (χ3n) is 5.64. The lowest BCUT2D eigenvalue weighted by atomic mass is 10.1. The van der Waals surface area contributed by atoms with Crippen molar-refractivity contribution in [3.05, 3.63) is 57.2 Å². The van der Waals surface area contributed by atoms with Gasteiger partial charge in [0.2, 0.25) is 5.91 Å². The number of methoxy groups -OCH3 is 2. The molecule has 0 fully saturated rings. The Morgan fingerprint density at radius 1 is 1.30 bits per heavy atom. The van der Waals surface area contributed by atoms with Gasteiger partial charge in [-0.25, -0.2) is 4.98 Å². The van der Waals surface area contributed by atoms with Crippen molar-refractivity contribution in [2.75, 3.05) is 26.5 Å². The van der Waals surface area contributed by atoms with Gasteiger partial charge in [-0.2, -0.15) is 0 Å². The van der Waals surface area contributed by atoms with Gasteiger partial charge in [0.15, 0.2) is 16.7 Å². The van der Waals surface area contributed by atoms with Crippen molar-refractivity contribution in [1.29, 1.82) is 0 Å². The minimum Gasteiger partial charge on any atom is -0.493 e. The number of thioether (sulfide) groups is 1. The van der Waals surface area contributed by atoms with Crippen molar-refractivity contribution in [2.45, 2.75) is 37.4 Å². The molecule has 0 radical (unpaired) electrons. The normalized spacial score (nSPS) is 12.5. The number of benzene rings is 1. The average molecular weight is 486 g/mol. The zero-order valence-corrected chi connectivity index (χ0v) is 20.4. The summed E-state index contributed by atoms with van der Waals surface area (Å²) in [4.78, 5) is 32.6. The Balaban J connectivity index is 1.65. The predicted octanol–water partition coefficient (Wildman–Crippen LogP) is 3.60. The lowest BCUT2D eigenvalue weighted by Gasteiger charge is -2.14. The first-order chi connectivity index (χ1) is 16.0. The van der Waals surface area contributed by atoms with Crippen LogP contribution in [0.2, 0.25) is 0 Å². The van der Waals surface area contributed by atoms with Crippen LogP contribution in [0.4, 0.5) is 0 Å². The van der Waals surface area contributed by atoms with Crippen LogP contribution in [-0.4, -0.2) is 42.0 Å². The van der Waals surface area contributed by atoms with Crippen molar-refractivity contribution < 1.29 is 14.3 Å². The highest BCUT2D eigenvalue weighted by Crippen LogP contribution is 2.35. The Morgan fingerprint density at radius 3 is 2.88 bits per heavy atom. The van der Waals surface area contributed by atoms with Gasteiger partial charge in [-0.15, -0.1) is 17.9 Å². The maximum atomic E-state index is 13.6. The van der Waals surface area contributed by atoms with E-state index in [1.807, 2.05) is 18.2 Å². The molecule has 4 rings (SSSR count). The first kappa shape index (κ1) is 23.4. The molecule has 0 bridgehead atoms. The molecule has 9 heteroatoms. The van der Waals surface area contributed by atoms with Crippen LogP contribution in [0.15, 0.2) is 40.8 Å². The van der Waals surface area contributed by atoms with E-state index in [4.69, 9.17) is 14.5 Å². The van der Waals surface area contributed by atoms with Gasteiger partial charge in [-0.3, -0.25) is 14.2 Å². The summed E-state index contributed by atoms with van der Waals surface area (Å²) in [6.45, 7) is 4.49. The van der Waals surface area contributed by atoms with E-state index in [-0.39, 0.29) is 17.2 Å². The second-order valence-electron chi connectivity index (χ2n) is 7.71. The maximum absolute atomic E-state index is 13.6. The zero-order valence-electron chi connectivity index (χ0n) is 18.8. The number of hydrogen-bond donors (Lipinski definition) is 1. The fourth-order valence-corrected chi connectivity index (χ4v) is 6.17. The fraction of sp³-hybridized carbons (Fsp3) is 0.375. The van der Waals surface area contributed by atoms with Gasteiger partial charge in [0, 0.05) is 18.0 Å². The molecular weight excluding hydrogens is 458 g/mol. The molecule has 1 aromatic carbocycles. The number of thiophene rings is 1.